The molecule has 0 bridgehead atoms. The molecule has 1 fully saturated rings. The summed E-state index contributed by atoms with van der Waals surface area (Å²) >= 11 is 6.52. The minimum atomic E-state index is -0.421. The van der Waals surface area contributed by atoms with Crippen LogP contribution in [0.5, 0.6) is 0 Å². The van der Waals surface area contributed by atoms with Gasteiger partial charge in [-0.1, -0.05) is 29.8 Å². The minimum Gasteiger partial charge on any atom is -0.465 e. The molecule has 3 aromatic heterocycles. The molecule has 3 heterocycles. The molecule has 7 heteroatoms. The Kier molecular flexibility index (Phi) is 4.45. The highest BCUT2D eigenvalue weighted by Gasteiger charge is 2.48. The molecule has 2 aromatic carbocycles. The predicted molar refractivity (Wildman–Crippen MR) is 127 cm³/mol. The lowest BCUT2D eigenvalue weighted by Gasteiger charge is -2.17. The van der Waals surface area contributed by atoms with Crippen LogP contribution in [0.2, 0.25) is 5.02 Å². The summed E-state index contributed by atoms with van der Waals surface area (Å²) in [5.41, 5.74) is 5.31. The maximum atomic E-state index is 11.8. The summed E-state index contributed by atoms with van der Waals surface area (Å²) in [6.45, 7) is 0. The molecule has 0 aliphatic heterocycles. The Morgan fingerprint density at radius 3 is 2.70 bits per heavy atom. The summed E-state index contributed by atoms with van der Waals surface area (Å²) < 4.78 is 6.84. The van der Waals surface area contributed by atoms with Crippen molar-refractivity contribution in [1.82, 2.24) is 19.4 Å². The Morgan fingerprint density at radius 2 is 1.91 bits per heavy atom. The van der Waals surface area contributed by atoms with E-state index in [2.05, 4.69) is 43.6 Å². The first-order chi connectivity index (χ1) is 16.1. The van der Waals surface area contributed by atoms with Crippen LogP contribution in [-0.4, -0.2) is 32.4 Å². The standard InChI is InChI=1S/C26H19ClN4O2/c1-33-24(32)17-4-6-20(21(27)12-17)18-13-29-25-30-14-23(31(25)15-18)26(8-9-26)19-5-7-22-16(11-19)3-2-10-28-22/h2-7,10-15H,8-9H2,1H3. The van der Waals surface area contributed by atoms with Gasteiger partial charge < -0.3 is 4.74 Å². The lowest BCUT2D eigenvalue weighted by molar-refractivity contribution is 0.0600. The number of rotatable bonds is 4. The lowest BCUT2D eigenvalue weighted by atomic mass is 9.91. The second-order valence-electron chi connectivity index (χ2n) is 8.34. The summed E-state index contributed by atoms with van der Waals surface area (Å²) in [4.78, 5) is 25.4. The van der Waals surface area contributed by atoms with E-state index in [1.165, 1.54) is 12.7 Å². The highest BCUT2D eigenvalue weighted by atomic mass is 35.5. The van der Waals surface area contributed by atoms with Gasteiger partial charge in [-0.05, 0) is 48.7 Å². The van der Waals surface area contributed by atoms with Crippen molar-refractivity contribution in [3.63, 3.8) is 0 Å². The first-order valence-electron chi connectivity index (χ1n) is 10.7. The normalized spacial score (nSPS) is 14.5. The molecule has 0 N–H and O–H groups in total. The van der Waals surface area contributed by atoms with E-state index in [4.69, 9.17) is 16.3 Å². The van der Waals surface area contributed by atoms with Crippen LogP contribution in [0.25, 0.3) is 27.8 Å². The molecule has 162 valence electrons. The molecule has 0 radical (unpaired) electrons. The van der Waals surface area contributed by atoms with Crippen LogP contribution in [0, 0.1) is 0 Å². The number of ether oxygens (including phenoxy) is 1. The number of imidazole rings is 1. The summed E-state index contributed by atoms with van der Waals surface area (Å²) in [7, 11) is 1.35. The lowest BCUT2D eigenvalue weighted by Crippen LogP contribution is -2.12. The zero-order valence-electron chi connectivity index (χ0n) is 17.8. The Labute approximate surface area is 194 Å². The van der Waals surface area contributed by atoms with Crippen LogP contribution >= 0.6 is 11.6 Å². The fraction of sp³-hybridized carbons (Fsp3) is 0.154. The number of benzene rings is 2. The third-order valence-corrected chi connectivity index (χ3v) is 6.77. The van der Waals surface area contributed by atoms with Crippen molar-refractivity contribution in [2.45, 2.75) is 18.3 Å². The largest absolute Gasteiger partial charge is 0.465 e. The molecule has 33 heavy (non-hydrogen) atoms. The van der Waals surface area contributed by atoms with Crippen molar-refractivity contribution in [1.29, 1.82) is 0 Å². The highest BCUT2D eigenvalue weighted by Crippen LogP contribution is 2.53. The van der Waals surface area contributed by atoms with E-state index in [1.54, 1.807) is 18.3 Å². The number of carbonyl (C=O) groups excluding carboxylic acids is 1. The second kappa shape index (κ2) is 7.39. The van der Waals surface area contributed by atoms with Gasteiger partial charge in [-0.25, -0.2) is 14.8 Å². The van der Waals surface area contributed by atoms with Gasteiger partial charge in [0.05, 0.1) is 30.1 Å². The maximum absolute atomic E-state index is 11.8. The first-order valence-corrected chi connectivity index (χ1v) is 11.0. The number of carbonyl (C=O) groups is 1. The van der Waals surface area contributed by atoms with E-state index in [1.807, 2.05) is 30.7 Å². The fourth-order valence-corrected chi connectivity index (χ4v) is 4.84. The molecule has 0 spiro atoms. The third kappa shape index (κ3) is 3.17. The van der Waals surface area contributed by atoms with E-state index in [-0.39, 0.29) is 5.41 Å². The molecule has 1 aliphatic carbocycles. The van der Waals surface area contributed by atoms with Crippen molar-refractivity contribution in [3.05, 3.63) is 95.2 Å². The third-order valence-electron chi connectivity index (χ3n) is 6.46. The van der Waals surface area contributed by atoms with Gasteiger partial charge in [0.25, 0.3) is 0 Å². The number of aromatic nitrogens is 4. The van der Waals surface area contributed by atoms with E-state index < -0.39 is 5.97 Å². The number of hydrogen-bond donors (Lipinski definition) is 0. The van der Waals surface area contributed by atoms with Crippen molar-refractivity contribution < 1.29 is 9.53 Å². The Balaban J connectivity index is 1.45. The van der Waals surface area contributed by atoms with Gasteiger partial charge in [0, 0.05) is 45.5 Å². The Morgan fingerprint density at radius 1 is 1.06 bits per heavy atom. The molecule has 6 nitrogen and oxygen atoms in total. The van der Waals surface area contributed by atoms with Crippen molar-refractivity contribution in [2.75, 3.05) is 7.11 Å². The molecule has 0 unspecified atom stereocenters. The number of hydrogen-bond acceptors (Lipinski definition) is 5. The van der Waals surface area contributed by atoms with Gasteiger partial charge in [-0.2, -0.15) is 0 Å². The van der Waals surface area contributed by atoms with Crippen LogP contribution in [0.4, 0.5) is 0 Å². The number of esters is 1. The molecule has 0 atom stereocenters. The summed E-state index contributed by atoms with van der Waals surface area (Å²) in [6, 6.07) is 15.7. The fourth-order valence-electron chi connectivity index (χ4n) is 4.55. The van der Waals surface area contributed by atoms with Crippen LogP contribution in [0.15, 0.2) is 73.3 Å². The summed E-state index contributed by atoms with van der Waals surface area (Å²) in [5.74, 6) is 0.222. The van der Waals surface area contributed by atoms with Crippen molar-refractivity contribution >= 4 is 34.3 Å². The van der Waals surface area contributed by atoms with E-state index >= 15 is 0 Å². The predicted octanol–water partition coefficient (Wildman–Crippen LogP) is 5.46. The molecule has 0 saturated heterocycles. The Bertz CT molecular complexity index is 1560. The molecule has 1 saturated carbocycles. The molecule has 6 rings (SSSR count). The maximum Gasteiger partial charge on any atom is 0.337 e. The number of halogens is 1. The van der Waals surface area contributed by atoms with E-state index in [9.17, 15) is 4.79 Å². The number of pyridine rings is 1. The molecular formula is C26H19ClN4O2. The van der Waals surface area contributed by atoms with Crippen LogP contribution < -0.4 is 0 Å². The highest BCUT2D eigenvalue weighted by molar-refractivity contribution is 6.33. The summed E-state index contributed by atoms with van der Waals surface area (Å²) in [6.07, 6.45) is 9.61. The van der Waals surface area contributed by atoms with Gasteiger partial charge in [-0.15, -0.1) is 0 Å². The van der Waals surface area contributed by atoms with Gasteiger partial charge in [-0.3, -0.25) is 9.38 Å². The number of fused-ring (bicyclic) bond motifs is 2. The van der Waals surface area contributed by atoms with Gasteiger partial charge in [0.1, 0.15) is 0 Å². The quantitative estimate of drug-likeness (QED) is 0.337. The topological polar surface area (TPSA) is 69.4 Å². The molecule has 0 amide bonds. The van der Waals surface area contributed by atoms with Gasteiger partial charge in [0.15, 0.2) is 0 Å². The van der Waals surface area contributed by atoms with Crippen LogP contribution in [0.3, 0.4) is 0 Å². The molecule has 5 aromatic rings. The van der Waals surface area contributed by atoms with E-state index in [0.717, 1.165) is 40.6 Å². The monoisotopic (exact) mass is 454 g/mol. The zero-order chi connectivity index (χ0) is 22.6. The number of nitrogens with zero attached hydrogens (tertiary/aromatic N) is 4. The second-order valence-corrected chi connectivity index (χ2v) is 8.74. The van der Waals surface area contributed by atoms with Gasteiger partial charge in [0.2, 0.25) is 5.78 Å². The zero-order valence-corrected chi connectivity index (χ0v) is 18.6. The van der Waals surface area contributed by atoms with Crippen LogP contribution in [0.1, 0.15) is 34.5 Å². The Hall–Kier alpha value is -3.77. The smallest absolute Gasteiger partial charge is 0.337 e. The molecular weight excluding hydrogens is 436 g/mol. The average molecular weight is 455 g/mol. The SMILES string of the molecule is COC(=O)c1ccc(-c2cnc3ncc(C4(c5ccc6ncccc6c5)CC4)n3c2)c(Cl)c1. The van der Waals surface area contributed by atoms with Crippen molar-refractivity contribution in [2.24, 2.45) is 0 Å². The number of methoxy groups -OCH3 is 1. The van der Waals surface area contributed by atoms with Crippen LogP contribution in [-0.2, 0) is 10.2 Å². The van der Waals surface area contributed by atoms with E-state index in [0.29, 0.717) is 16.4 Å². The van der Waals surface area contributed by atoms with Gasteiger partial charge >= 0.3 is 5.97 Å². The average Bonchev–Trinajstić information content (AvgIpc) is 3.55. The first kappa shape index (κ1) is 19.9. The van der Waals surface area contributed by atoms with Crippen molar-refractivity contribution in [3.8, 4) is 11.1 Å². The molecule has 1 aliphatic rings. The summed E-state index contributed by atoms with van der Waals surface area (Å²) in [5, 5.41) is 1.59. The minimum absolute atomic E-state index is 0.0950.